The molecule has 4 heteroatoms. The Morgan fingerprint density at radius 3 is 2.83 bits per heavy atom. The van der Waals surface area contributed by atoms with Gasteiger partial charge in [-0.15, -0.1) is 0 Å². The van der Waals surface area contributed by atoms with E-state index in [9.17, 15) is 4.79 Å². The summed E-state index contributed by atoms with van der Waals surface area (Å²) in [6.07, 6.45) is 6.52. The molecule has 0 spiro atoms. The SMILES string of the molecule is O=C(Nc1cc(Br)ccc1Cl)C1CC2C=CC1C2. The van der Waals surface area contributed by atoms with Crippen molar-refractivity contribution in [2.24, 2.45) is 17.8 Å². The van der Waals surface area contributed by atoms with Gasteiger partial charge in [-0.2, -0.15) is 0 Å². The van der Waals surface area contributed by atoms with Crippen LogP contribution in [-0.4, -0.2) is 5.91 Å². The van der Waals surface area contributed by atoms with Gasteiger partial charge in [-0.05, 0) is 42.9 Å². The molecule has 2 aliphatic rings. The number of carbonyl (C=O) groups excluding carboxylic acids is 1. The molecule has 94 valence electrons. The summed E-state index contributed by atoms with van der Waals surface area (Å²) in [6, 6.07) is 5.48. The molecule has 3 atom stereocenters. The highest BCUT2D eigenvalue weighted by molar-refractivity contribution is 9.10. The molecular formula is C14H13BrClNO. The summed E-state index contributed by atoms with van der Waals surface area (Å²) >= 11 is 9.46. The zero-order valence-electron chi connectivity index (χ0n) is 9.70. The van der Waals surface area contributed by atoms with Crippen molar-refractivity contribution >= 4 is 39.1 Å². The molecule has 1 aromatic carbocycles. The highest BCUT2D eigenvalue weighted by Gasteiger charge is 2.39. The van der Waals surface area contributed by atoms with E-state index in [0.29, 0.717) is 22.5 Å². The number of halogens is 2. The van der Waals surface area contributed by atoms with E-state index in [4.69, 9.17) is 11.6 Å². The summed E-state index contributed by atoms with van der Waals surface area (Å²) in [6.45, 7) is 0. The van der Waals surface area contributed by atoms with Crippen LogP contribution in [0.25, 0.3) is 0 Å². The third kappa shape index (κ3) is 2.21. The second-order valence-corrected chi connectivity index (χ2v) is 6.32. The van der Waals surface area contributed by atoms with Crippen LogP contribution >= 0.6 is 27.5 Å². The Kier molecular flexibility index (Phi) is 3.20. The number of anilines is 1. The van der Waals surface area contributed by atoms with Crippen LogP contribution in [0.15, 0.2) is 34.8 Å². The van der Waals surface area contributed by atoms with Gasteiger partial charge in [-0.1, -0.05) is 39.7 Å². The van der Waals surface area contributed by atoms with Crippen molar-refractivity contribution in [2.75, 3.05) is 5.32 Å². The first-order valence-electron chi connectivity index (χ1n) is 6.08. The van der Waals surface area contributed by atoms with Crippen molar-refractivity contribution in [1.29, 1.82) is 0 Å². The second kappa shape index (κ2) is 4.71. The van der Waals surface area contributed by atoms with Gasteiger partial charge in [0.2, 0.25) is 5.91 Å². The number of carbonyl (C=O) groups is 1. The number of fused-ring (bicyclic) bond motifs is 2. The van der Waals surface area contributed by atoms with E-state index in [1.165, 1.54) is 0 Å². The van der Waals surface area contributed by atoms with Gasteiger partial charge in [0.25, 0.3) is 0 Å². The number of allylic oxidation sites excluding steroid dienone is 2. The number of amides is 1. The maximum absolute atomic E-state index is 12.2. The summed E-state index contributed by atoms with van der Waals surface area (Å²) in [4.78, 5) is 12.2. The van der Waals surface area contributed by atoms with Gasteiger partial charge < -0.3 is 5.32 Å². The van der Waals surface area contributed by atoms with Crippen LogP contribution in [0.2, 0.25) is 5.02 Å². The van der Waals surface area contributed by atoms with Crippen molar-refractivity contribution in [3.8, 4) is 0 Å². The highest BCUT2D eigenvalue weighted by Crippen LogP contribution is 2.44. The lowest BCUT2D eigenvalue weighted by Gasteiger charge is -2.18. The topological polar surface area (TPSA) is 29.1 Å². The fourth-order valence-electron chi connectivity index (χ4n) is 2.90. The van der Waals surface area contributed by atoms with Gasteiger partial charge in [-0.25, -0.2) is 0 Å². The molecule has 0 aliphatic heterocycles. The minimum atomic E-state index is 0.0897. The Balaban J connectivity index is 1.75. The zero-order valence-corrected chi connectivity index (χ0v) is 12.0. The molecule has 3 rings (SSSR count). The van der Waals surface area contributed by atoms with Crippen molar-refractivity contribution in [3.63, 3.8) is 0 Å². The number of rotatable bonds is 2. The van der Waals surface area contributed by atoms with Crippen LogP contribution in [0.3, 0.4) is 0 Å². The molecule has 0 radical (unpaired) electrons. The van der Waals surface area contributed by atoms with Gasteiger partial charge in [0, 0.05) is 10.4 Å². The van der Waals surface area contributed by atoms with Gasteiger partial charge in [0.15, 0.2) is 0 Å². The lowest BCUT2D eigenvalue weighted by atomic mass is 9.93. The molecule has 0 heterocycles. The van der Waals surface area contributed by atoms with E-state index in [0.717, 1.165) is 17.3 Å². The molecule has 1 amide bonds. The smallest absolute Gasteiger partial charge is 0.228 e. The molecule has 3 unspecified atom stereocenters. The average molecular weight is 327 g/mol. The summed E-state index contributed by atoms with van der Waals surface area (Å²) < 4.78 is 0.912. The van der Waals surface area contributed by atoms with Crippen molar-refractivity contribution in [3.05, 3.63) is 39.8 Å². The van der Waals surface area contributed by atoms with Crippen molar-refractivity contribution in [2.45, 2.75) is 12.8 Å². The van der Waals surface area contributed by atoms with E-state index in [1.807, 2.05) is 12.1 Å². The fraction of sp³-hybridized carbons (Fsp3) is 0.357. The number of hydrogen-bond acceptors (Lipinski definition) is 1. The standard InChI is InChI=1S/C14H13BrClNO/c15-10-3-4-12(16)13(7-10)17-14(18)11-6-8-1-2-9(11)5-8/h1-4,7-9,11H,5-6H2,(H,17,18). The third-order valence-electron chi connectivity index (χ3n) is 3.80. The number of benzene rings is 1. The lowest BCUT2D eigenvalue weighted by Crippen LogP contribution is -2.26. The highest BCUT2D eigenvalue weighted by atomic mass is 79.9. The van der Waals surface area contributed by atoms with Gasteiger partial charge in [-0.3, -0.25) is 4.79 Å². The molecule has 1 aromatic rings. The predicted octanol–water partition coefficient (Wildman–Crippen LogP) is 4.25. The summed E-state index contributed by atoms with van der Waals surface area (Å²) in [5.74, 6) is 1.21. The molecule has 2 aliphatic carbocycles. The van der Waals surface area contributed by atoms with Crippen LogP contribution in [0.4, 0.5) is 5.69 Å². The largest absolute Gasteiger partial charge is 0.324 e. The van der Waals surface area contributed by atoms with E-state index >= 15 is 0 Å². The quantitative estimate of drug-likeness (QED) is 0.809. The Morgan fingerprint density at radius 1 is 1.33 bits per heavy atom. The maximum atomic E-state index is 12.2. The number of nitrogens with one attached hydrogen (secondary N) is 1. The van der Waals surface area contributed by atoms with Gasteiger partial charge in [0.1, 0.15) is 0 Å². The Labute approximate surface area is 120 Å². The zero-order chi connectivity index (χ0) is 12.7. The molecular weight excluding hydrogens is 314 g/mol. The van der Waals surface area contributed by atoms with E-state index in [1.54, 1.807) is 6.07 Å². The van der Waals surface area contributed by atoms with Crippen LogP contribution < -0.4 is 5.32 Å². The number of hydrogen-bond donors (Lipinski definition) is 1. The minimum Gasteiger partial charge on any atom is -0.324 e. The summed E-state index contributed by atoms with van der Waals surface area (Å²) in [5.41, 5.74) is 0.683. The molecule has 18 heavy (non-hydrogen) atoms. The molecule has 2 bridgehead atoms. The van der Waals surface area contributed by atoms with Crippen LogP contribution in [0.5, 0.6) is 0 Å². The Morgan fingerprint density at radius 2 is 2.17 bits per heavy atom. The predicted molar refractivity (Wildman–Crippen MR) is 76.6 cm³/mol. The Bertz CT molecular complexity index is 529. The minimum absolute atomic E-state index is 0.0897. The third-order valence-corrected chi connectivity index (χ3v) is 4.62. The first kappa shape index (κ1) is 12.2. The maximum Gasteiger partial charge on any atom is 0.228 e. The monoisotopic (exact) mass is 325 g/mol. The van der Waals surface area contributed by atoms with Crippen molar-refractivity contribution < 1.29 is 4.79 Å². The summed E-state index contributed by atoms with van der Waals surface area (Å²) in [5, 5.41) is 3.52. The second-order valence-electron chi connectivity index (χ2n) is 5.00. The van der Waals surface area contributed by atoms with Crippen LogP contribution in [-0.2, 0) is 4.79 Å². The van der Waals surface area contributed by atoms with Crippen LogP contribution in [0.1, 0.15) is 12.8 Å². The van der Waals surface area contributed by atoms with Crippen molar-refractivity contribution in [1.82, 2.24) is 0 Å². The summed E-state index contributed by atoms with van der Waals surface area (Å²) in [7, 11) is 0. The Hall–Kier alpha value is -0.800. The molecule has 1 N–H and O–H groups in total. The van der Waals surface area contributed by atoms with E-state index in [-0.39, 0.29) is 11.8 Å². The van der Waals surface area contributed by atoms with Crippen LogP contribution in [0, 0.1) is 17.8 Å². The van der Waals surface area contributed by atoms with E-state index in [2.05, 4.69) is 33.4 Å². The normalized spacial score (nSPS) is 28.7. The molecule has 1 saturated carbocycles. The fourth-order valence-corrected chi connectivity index (χ4v) is 3.43. The van der Waals surface area contributed by atoms with E-state index < -0.39 is 0 Å². The molecule has 1 fully saturated rings. The average Bonchev–Trinajstić information content (AvgIpc) is 2.96. The molecule has 0 aromatic heterocycles. The molecule has 2 nitrogen and oxygen atoms in total. The van der Waals surface area contributed by atoms with Gasteiger partial charge in [0.05, 0.1) is 10.7 Å². The first-order chi connectivity index (χ1) is 8.63. The lowest BCUT2D eigenvalue weighted by molar-refractivity contribution is -0.120. The van der Waals surface area contributed by atoms with Gasteiger partial charge >= 0.3 is 0 Å². The first-order valence-corrected chi connectivity index (χ1v) is 7.25. The molecule has 0 saturated heterocycles.